The summed E-state index contributed by atoms with van der Waals surface area (Å²) in [6.45, 7) is 1.55. The number of benzene rings is 1. The molecule has 1 aromatic carbocycles. The first-order valence-corrected chi connectivity index (χ1v) is 6.92. The van der Waals surface area contributed by atoms with E-state index in [4.69, 9.17) is 9.47 Å². The predicted molar refractivity (Wildman–Crippen MR) is 83.8 cm³/mol. The minimum atomic E-state index is -0.812. The fraction of sp³-hybridized carbons (Fsp3) is 0.312. The van der Waals surface area contributed by atoms with Gasteiger partial charge in [0.15, 0.2) is 17.5 Å². The number of carbonyl (C=O) groups excluding carboxylic acids is 1. The third-order valence-electron chi connectivity index (χ3n) is 3.41. The highest BCUT2D eigenvalue weighted by molar-refractivity contribution is 5.73. The van der Waals surface area contributed by atoms with Gasteiger partial charge in [0, 0.05) is 11.6 Å². The van der Waals surface area contributed by atoms with Crippen molar-refractivity contribution in [1.82, 2.24) is 9.78 Å². The van der Waals surface area contributed by atoms with E-state index in [1.165, 1.54) is 20.3 Å². The molecule has 7 nitrogen and oxygen atoms in total. The lowest BCUT2D eigenvalue weighted by molar-refractivity contribution is -0.144. The van der Waals surface area contributed by atoms with Gasteiger partial charge in [-0.1, -0.05) is 0 Å². The van der Waals surface area contributed by atoms with Crippen molar-refractivity contribution in [1.29, 1.82) is 0 Å². The second kappa shape index (κ2) is 6.95. The van der Waals surface area contributed by atoms with Crippen LogP contribution in [-0.2, 0) is 9.53 Å². The molecule has 2 aromatic rings. The van der Waals surface area contributed by atoms with Crippen molar-refractivity contribution >= 4 is 5.97 Å². The van der Waals surface area contributed by atoms with Crippen LogP contribution in [0.25, 0.3) is 11.3 Å². The van der Waals surface area contributed by atoms with Gasteiger partial charge in [0.2, 0.25) is 0 Å². The first kappa shape index (κ1) is 16.5. The topological polar surface area (TPSA) is 79.7 Å². The molecule has 122 valence electrons. The third-order valence-corrected chi connectivity index (χ3v) is 3.41. The normalized spacial score (nSPS) is 11.7. The number of methoxy groups -OCH3 is 3. The molecule has 0 saturated carbocycles. The van der Waals surface area contributed by atoms with Crippen molar-refractivity contribution in [3.8, 4) is 22.8 Å². The van der Waals surface area contributed by atoms with Crippen molar-refractivity contribution in [2.75, 3.05) is 21.3 Å². The van der Waals surface area contributed by atoms with E-state index in [9.17, 15) is 9.59 Å². The highest BCUT2D eigenvalue weighted by atomic mass is 16.5. The maximum absolute atomic E-state index is 11.9. The van der Waals surface area contributed by atoms with E-state index in [1.54, 1.807) is 38.3 Å². The Kier molecular flexibility index (Phi) is 5.00. The van der Waals surface area contributed by atoms with Gasteiger partial charge in [0.1, 0.15) is 0 Å². The van der Waals surface area contributed by atoms with Crippen molar-refractivity contribution in [2.24, 2.45) is 0 Å². The lowest BCUT2D eigenvalue weighted by atomic mass is 10.1. The summed E-state index contributed by atoms with van der Waals surface area (Å²) in [6.07, 6.45) is 0. The van der Waals surface area contributed by atoms with Gasteiger partial charge in [-0.2, -0.15) is 5.10 Å². The molecule has 0 bridgehead atoms. The summed E-state index contributed by atoms with van der Waals surface area (Å²) in [5.74, 6) is 0.599. The van der Waals surface area contributed by atoms with E-state index >= 15 is 0 Å². The van der Waals surface area contributed by atoms with Gasteiger partial charge in [-0.25, -0.2) is 9.48 Å². The zero-order valence-corrected chi connectivity index (χ0v) is 13.4. The van der Waals surface area contributed by atoms with Crippen LogP contribution in [0.4, 0.5) is 0 Å². The Morgan fingerprint density at radius 3 is 2.39 bits per heavy atom. The number of ether oxygens (including phenoxy) is 3. The van der Waals surface area contributed by atoms with E-state index in [0.29, 0.717) is 17.2 Å². The molecule has 7 heteroatoms. The molecule has 0 aliphatic rings. The number of nitrogens with zero attached hydrogens (tertiary/aromatic N) is 2. The van der Waals surface area contributed by atoms with Crippen LogP contribution in [0.5, 0.6) is 11.5 Å². The van der Waals surface area contributed by atoms with Gasteiger partial charge in [-0.15, -0.1) is 0 Å². The zero-order chi connectivity index (χ0) is 17.0. The van der Waals surface area contributed by atoms with E-state index in [2.05, 4.69) is 9.84 Å². The van der Waals surface area contributed by atoms with Gasteiger partial charge in [-0.05, 0) is 31.2 Å². The van der Waals surface area contributed by atoms with Crippen molar-refractivity contribution in [3.63, 3.8) is 0 Å². The van der Waals surface area contributed by atoms with Crippen LogP contribution in [0.15, 0.2) is 35.1 Å². The van der Waals surface area contributed by atoms with Crippen LogP contribution in [0.3, 0.4) is 0 Å². The standard InChI is InChI=1S/C16H18N2O5/c1-10(16(20)23-4)18-15(19)8-6-12(17-18)11-5-7-13(21-2)14(9-11)22-3/h5-10H,1-4H3/t10-/m0/s1. The molecule has 0 N–H and O–H groups in total. The third kappa shape index (κ3) is 3.33. The number of esters is 1. The van der Waals surface area contributed by atoms with Crippen molar-refractivity contribution in [2.45, 2.75) is 13.0 Å². The quantitative estimate of drug-likeness (QED) is 0.780. The number of aromatic nitrogens is 2. The summed E-state index contributed by atoms with van der Waals surface area (Å²) in [5.41, 5.74) is 0.877. The highest BCUT2D eigenvalue weighted by Crippen LogP contribution is 2.31. The first-order chi connectivity index (χ1) is 11.0. The average molecular weight is 318 g/mol. The Balaban J connectivity index is 2.49. The molecule has 0 radical (unpaired) electrons. The van der Waals surface area contributed by atoms with Crippen LogP contribution < -0.4 is 15.0 Å². The van der Waals surface area contributed by atoms with E-state index in [1.807, 2.05) is 0 Å². The second-order valence-corrected chi connectivity index (χ2v) is 4.77. The van der Waals surface area contributed by atoms with Crippen molar-refractivity contribution in [3.05, 3.63) is 40.7 Å². The van der Waals surface area contributed by atoms with Gasteiger partial charge >= 0.3 is 5.97 Å². The molecular formula is C16H18N2O5. The molecule has 0 unspecified atom stereocenters. The molecule has 0 spiro atoms. The van der Waals surface area contributed by atoms with E-state index in [-0.39, 0.29) is 5.56 Å². The molecule has 0 amide bonds. The number of rotatable bonds is 5. The van der Waals surface area contributed by atoms with Crippen molar-refractivity contribution < 1.29 is 19.0 Å². The van der Waals surface area contributed by atoms with Crippen LogP contribution in [0, 0.1) is 0 Å². The minimum Gasteiger partial charge on any atom is -0.493 e. The fourth-order valence-corrected chi connectivity index (χ4v) is 2.12. The van der Waals surface area contributed by atoms with Gasteiger partial charge < -0.3 is 14.2 Å². The van der Waals surface area contributed by atoms with Crippen LogP contribution in [0.2, 0.25) is 0 Å². The second-order valence-electron chi connectivity index (χ2n) is 4.77. The fourth-order valence-electron chi connectivity index (χ4n) is 2.12. The summed E-state index contributed by atoms with van der Waals surface area (Å²) >= 11 is 0. The smallest absolute Gasteiger partial charge is 0.330 e. The predicted octanol–water partition coefficient (Wildman–Crippen LogP) is 1.66. The summed E-state index contributed by atoms with van der Waals surface area (Å²) in [6, 6.07) is 7.42. The Labute approximate surface area is 133 Å². The van der Waals surface area contributed by atoms with Crippen LogP contribution >= 0.6 is 0 Å². The van der Waals surface area contributed by atoms with Gasteiger partial charge in [0.25, 0.3) is 5.56 Å². The summed E-state index contributed by atoms with van der Waals surface area (Å²) in [4.78, 5) is 23.6. The Morgan fingerprint density at radius 1 is 1.09 bits per heavy atom. The molecular weight excluding hydrogens is 300 g/mol. The lowest BCUT2D eigenvalue weighted by Crippen LogP contribution is -2.30. The Morgan fingerprint density at radius 2 is 1.78 bits per heavy atom. The SMILES string of the molecule is COC(=O)[C@H](C)n1nc(-c2ccc(OC)c(OC)c2)ccc1=O. The van der Waals surface area contributed by atoms with Crippen LogP contribution in [0.1, 0.15) is 13.0 Å². The maximum atomic E-state index is 11.9. The van der Waals surface area contributed by atoms with E-state index < -0.39 is 12.0 Å². The molecule has 23 heavy (non-hydrogen) atoms. The molecule has 0 saturated heterocycles. The molecule has 0 aliphatic heterocycles. The summed E-state index contributed by atoms with van der Waals surface area (Å²) in [7, 11) is 4.35. The lowest BCUT2D eigenvalue weighted by Gasteiger charge is -2.13. The number of hydrogen-bond acceptors (Lipinski definition) is 6. The Hall–Kier alpha value is -2.83. The molecule has 1 atom stereocenters. The average Bonchev–Trinajstić information content (AvgIpc) is 2.60. The van der Waals surface area contributed by atoms with Gasteiger partial charge in [0.05, 0.1) is 27.0 Å². The minimum absolute atomic E-state index is 0.382. The zero-order valence-electron chi connectivity index (χ0n) is 13.4. The van der Waals surface area contributed by atoms with Gasteiger partial charge in [-0.3, -0.25) is 4.79 Å². The van der Waals surface area contributed by atoms with Crippen LogP contribution in [-0.4, -0.2) is 37.1 Å². The monoisotopic (exact) mass is 318 g/mol. The molecule has 0 aliphatic carbocycles. The molecule has 1 heterocycles. The number of carbonyl (C=O) groups is 1. The molecule has 0 fully saturated rings. The molecule has 2 rings (SSSR count). The number of hydrogen-bond donors (Lipinski definition) is 0. The Bertz CT molecular complexity index is 769. The molecule has 1 aromatic heterocycles. The summed E-state index contributed by atoms with van der Waals surface area (Å²) < 4.78 is 16.2. The first-order valence-electron chi connectivity index (χ1n) is 6.92. The summed E-state index contributed by atoms with van der Waals surface area (Å²) in [5, 5.41) is 4.25. The largest absolute Gasteiger partial charge is 0.493 e. The highest BCUT2D eigenvalue weighted by Gasteiger charge is 2.18. The maximum Gasteiger partial charge on any atom is 0.330 e. The van der Waals surface area contributed by atoms with E-state index in [0.717, 1.165) is 10.2 Å².